The number of hydrogen-bond donors (Lipinski definition) is 2. The van der Waals surface area contributed by atoms with E-state index in [1.807, 2.05) is 4.90 Å². The summed E-state index contributed by atoms with van der Waals surface area (Å²) in [5.41, 5.74) is 5.74. The third-order valence-corrected chi connectivity index (χ3v) is 3.83. The van der Waals surface area contributed by atoms with Crippen molar-refractivity contribution in [3.8, 4) is 0 Å². The Balaban J connectivity index is 1.90. The van der Waals surface area contributed by atoms with Gasteiger partial charge in [-0.25, -0.2) is 0 Å². The zero-order valence-electron chi connectivity index (χ0n) is 12.4. The number of H-pyrrole nitrogens is 1. The number of aromatic amines is 1. The molecule has 21 heavy (non-hydrogen) atoms. The van der Waals surface area contributed by atoms with Crippen LogP contribution in [0.1, 0.15) is 29.6 Å². The molecule has 0 radical (unpaired) electrons. The van der Waals surface area contributed by atoms with Gasteiger partial charge >= 0.3 is 0 Å². The first-order valence-corrected chi connectivity index (χ1v) is 7.61. The summed E-state index contributed by atoms with van der Waals surface area (Å²) >= 11 is 0. The van der Waals surface area contributed by atoms with Gasteiger partial charge in [-0.2, -0.15) is 0 Å². The molecular formula is C15H24N4O2. The van der Waals surface area contributed by atoms with Crippen LogP contribution in [0, 0.1) is 0 Å². The van der Waals surface area contributed by atoms with Crippen LogP contribution in [-0.2, 0) is 0 Å². The van der Waals surface area contributed by atoms with Gasteiger partial charge in [0.1, 0.15) is 0 Å². The second kappa shape index (κ2) is 7.95. The summed E-state index contributed by atoms with van der Waals surface area (Å²) in [5.74, 6) is -0.0510. The largest absolute Gasteiger partial charge is 0.337 e. The van der Waals surface area contributed by atoms with Gasteiger partial charge in [0.25, 0.3) is 5.91 Å². The molecule has 6 heteroatoms. The van der Waals surface area contributed by atoms with Crippen LogP contribution < -0.4 is 11.3 Å². The third kappa shape index (κ3) is 4.68. The van der Waals surface area contributed by atoms with E-state index in [1.165, 1.54) is 12.3 Å². The van der Waals surface area contributed by atoms with Crippen molar-refractivity contribution in [2.45, 2.75) is 19.3 Å². The number of pyridine rings is 1. The topological polar surface area (TPSA) is 82.4 Å². The molecule has 1 aliphatic rings. The normalized spacial score (nSPS) is 16.7. The number of nitrogens with zero attached hydrogens (tertiary/aromatic N) is 2. The van der Waals surface area contributed by atoms with Crippen molar-refractivity contribution in [3.05, 3.63) is 34.2 Å². The van der Waals surface area contributed by atoms with Crippen LogP contribution in [-0.4, -0.2) is 60.0 Å². The fraction of sp³-hybridized carbons (Fsp3) is 0.600. The van der Waals surface area contributed by atoms with E-state index in [1.54, 1.807) is 6.07 Å². The molecule has 116 valence electrons. The van der Waals surface area contributed by atoms with Gasteiger partial charge in [-0.05, 0) is 45.0 Å². The molecule has 0 unspecified atom stereocenters. The Morgan fingerprint density at radius 2 is 2.10 bits per heavy atom. The molecule has 3 N–H and O–H groups in total. The van der Waals surface area contributed by atoms with Crippen LogP contribution in [0.25, 0.3) is 0 Å². The van der Waals surface area contributed by atoms with Crippen LogP contribution in [0.3, 0.4) is 0 Å². The van der Waals surface area contributed by atoms with E-state index >= 15 is 0 Å². The summed E-state index contributed by atoms with van der Waals surface area (Å²) in [6, 6.07) is 3.03. The van der Waals surface area contributed by atoms with Crippen molar-refractivity contribution < 1.29 is 4.79 Å². The van der Waals surface area contributed by atoms with Crippen LogP contribution in [0.5, 0.6) is 0 Å². The Morgan fingerprint density at radius 1 is 1.24 bits per heavy atom. The average Bonchev–Trinajstić information content (AvgIpc) is 2.72. The molecule has 0 aromatic carbocycles. The molecule has 0 spiro atoms. The molecule has 2 rings (SSSR count). The SMILES string of the molecule is NCCCCN1CCCN(C(=O)c2cc[nH]c(=O)c2)CC1. The number of rotatable bonds is 5. The van der Waals surface area contributed by atoms with E-state index in [0.29, 0.717) is 12.1 Å². The Morgan fingerprint density at radius 3 is 2.86 bits per heavy atom. The molecule has 0 saturated carbocycles. The maximum atomic E-state index is 12.4. The molecule has 1 aromatic heterocycles. The predicted molar refractivity (Wildman–Crippen MR) is 82.3 cm³/mol. The predicted octanol–water partition coefficient (Wildman–Crippen LogP) is 0.262. The fourth-order valence-electron chi connectivity index (χ4n) is 2.64. The highest BCUT2D eigenvalue weighted by Gasteiger charge is 2.20. The molecule has 6 nitrogen and oxygen atoms in total. The van der Waals surface area contributed by atoms with Crippen molar-refractivity contribution in [2.75, 3.05) is 39.3 Å². The zero-order chi connectivity index (χ0) is 15.1. The van der Waals surface area contributed by atoms with Crippen LogP contribution in [0.15, 0.2) is 23.1 Å². The number of carbonyl (C=O) groups excluding carboxylic acids is 1. The number of hydrogen-bond acceptors (Lipinski definition) is 4. The minimum Gasteiger partial charge on any atom is -0.337 e. The smallest absolute Gasteiger partial charge is 0.254 e. The highest BCUT2D eigenvalue weighted by Crippen LogP contribution is 2.08. The molecular weight excluding hydrogens is 268 g/mol. The standard InChI is InChI=1S/C15H24N4O2/c16-5-1-2-7-18-8-3-9-19(11-10-18)15(21)13-4-6-17-14(20)12-13/h4,6,12H,1-3,5,7-11,16H2,(H,17,20). The van der Waals surface area contributed by atoms with Gasteiger partial charge in [0.15, 0.2) is 0 Å². The van der Waals surface area contributed by atoms with E-state index in [2.05, 4.69) is 9.88 Å². The first-order chi connectivity index (χ1) is 10.2. The van der Waals surface area contributed by atoms with Gasteiger partial charge in [0.2, 0.25) is 5.56 Å². The van der Waals surface area contributed by atoms with Crippen molar-refractivity contribution >= 4 is 5.91 Å². The number of unbranched alkanes of at least 4 members (excludes halogenated alkanes) is 1. The van der Waals surface area contributed by atoms with E-state index in [4.69, 9.17) is 5.73 Å². The Hall–Kier alpha value is -1.66. The maximum Gasteiger partial charge on any atom is 0.254 e. The molecule has 0 bridgehead atoms. The summed E-state index contributed by atoms with van der Waals surface area (Å²) in [7, 11) is 0. The summed E-state index contributed by atoms with van der Waals surface area (Å²) < 4.78 is 0. The van der Waals surface area contributed by atoms with E-state index in [-0.39, 0.29) is 11.5 Å². The highest BCUT2D eigenvalue weighted by molar-refractivity contribution is 5.94. The Bertz CT molecular complexity index is 514. The Labute approximate surface area is 124 Å². The van der Waals surface area contributed by atoms with Crippen LogP contribution in [0.2, 0.25) is 0 Å². The quantitative estimate of drug-likeness (QED) is 0.763. The highest BCUT2D eigenvalue weighted by atomic mass is 16.2. The van der Waals surface area contributed by atoms with Crippen LogP contribution in [0.4, 0.5) is 0 Å². The average molecular weight is 292 g/mol. The second-order valence-electron chi connectivity index (χ2n) is 5.42. The summed E-state index contributed by atoms with van der Waals surface area (Å²) in [6.07, 6.45) is 4.65. The van der Waals surface area contributed by atoms with Gasteiger partial charge in [-0.3, -0.25) is 9.59 Å². The zero-order valence-corrected chi connectivity index (χ0v) is 12.4. The Kier molecular flexibility index (Phi) is 5.95. The molecule has 0 atom stereocenters. The second-order valence-corrected chi connectivity index (χ2v) is 5.42. The summed E-state index contributed by atoms with van der Waals surface area (Å²) in [6.45, 7) is 5.15. The molecule has 1 fully saturated rings. The lowest BCUT2D eigenvalue weighted by Gasteiger charge is -2.22. The van der Waals surface area contributed by atoms with Gasteiger partial charge in [0.05, 0.1) is 0 Å². The number of amides is 1. The summed E-state index contributed by atoms with van der Waals surface area (Å²) in [4.78, 5) is 30.5. The van der Waals surface area contributed by atoms with E-state index in [9.17, 15) is 9.59 Å². The minimum absolute atomic E-state index is 0.0510. The van der Waals surface area contributed by atoms with Crippen molar-refractivity contribution in [1.82, 2.24) is 14.8 Å². The van der Waals surface area contributed by atoms with Gasteiger partial charge in [-0.15, -0.1) is 0 Å². The monoisotopic (exact) mass is 292 g/mol. The number of nitrogens with two attached hydrogens (primary N) is 1. The molecule has 1 amide bonds. The maximum absolute atomic E-state index is 12.4. The molecule has 2 heterocycles. The lowest BCUT2D eigenvalue weighted by molar-refractivity contribution is 0.0761. The van der Waals surface area contributed by atoms with E-state index in [0.717, 1.165) is 52.0 Å². The molecule has 1 aromatic rings. The first-order valence-electron chi connectivity index (χ1n) is 7.61. The van der Waals surface area contributed by atoms with Crippen molar-refractivity contribution in [2.24, 2.45) is 5.73 Å². The molecule has 1 aliphatic heterocycles. The number of nitrogens with one attached hydrogen (secondary N) is 1. The van der Waals surface area contributed by atoms with Gasteiger partial charge in [-0.1, -0.05) is 0 Å². The molecule has 1 saturated heterocycles. The number of aromatic nitrogens is 1. The summed E-state index contributed by atoms with van der Waals surface area (Å²) in [5, 5.41) is 0. The lowest BCUT2D eigenvalue weighted by atomic mass is 10.2. The number of carbonyl (C=O) groups is 1. The minimum atomic E-state index is -0.237. The fourth-order valence-corrected chi connectivity index (χ4v) is 2.64. The van der Waals surface area contributed by atoms with Gasteiger partial charge < -0.3 is 20.5 Å². The van der Waals surface area contributed by atoms with Crippen molar-refractivity contribution in [3.63, 3.8) is 0 Å². The van der Waals surface area contributed by atoms with E-state index < -0.39 is 0 Å². The molecule has 0 aliphatic carbocycles. The third-order valence-electron chi connectivity index (χ3n) is 3.83. The van der Waals surface area contributed by atoms with Gasteiger partial charge in [0, 0.05) is 37.5 Å². The van der Waals surface area contributed by atoms with Crippen LogP contribution >= 0.6 is 0 Å². The van der Waals surface area contributed by atoms with Crippen molar-refractivity contribution in [1.29, 1.82) is 0 Å². The first kappa shape index (κ1) is 15.7. The lowest BCUT2D eigenvalue weighted by Crippen LogP contribution is -2.35.